The van der Waals surface area contributed by atoms with Crippen LogP contribution in [-0.2, 0) is 11.0 Å². The topological polar surface area (TPSA) is 44.7 Å². The summed E-state index contributed by atoms with van der Waals surface area (Å²) in [6.45, 7) is 0. The van der Waals surface area contributed by atoms with E-state index in [1.807, 2.05) is 43.3 Å². The Bertz CT molecular complexity index is 969. The average Bonchev–Trinajstić information content (AvgIpc) is 2.95. The van der Waals surface area contributed by atoms with Crippen LogP contribution in [0.2, 0.25) is 5.02 Å². The van der Waals surface area contributed by atoms with Crippen molar-refractivity contribution in [2.24, 2.45) is 4.99 Å². The number of benzene rings is 2. The Hall–Kier alpha value is -2.45. The van der Waals surface area contributed by atoms with Crippen molar-refractivity contribution in [2.75, 3.05) is 19.0 Å². The maximum absolute atomic E-state index is 13.2. The van der Waals surface area contributed by atoms with Crippen molar-refractivity contribution >= 4 is 51.9 Å². The summed E-state index contributed by atoms with van der Waals surface area (Å²) in [6, 6.07) is 10.8. The molecule has 2 aromatic carbocycles. The number of alkyl halides is 3. The fraction of sp³-hybridized carbons (Fsp3) is 0.158. The lowest BCUT2D eigenvalue weighted by atomic mass is 10.2. The predicted octanol–water partition coefficient (Wildman–Crippen LogP) is 5.32. The Balaban J connectivity index is 1.87. The molecule has 0 aromatic heterocycles. The van der Waals surface area contributed by atoms with Gasteiger partial charge in [0.05, 0.1) is 16.2 Å². The van der Waals surface area contributed by atoms with Crippen LogP contribution in [0.1, 0.15) is 11.1 Å². The third-order valence-electron chi connectivity index (χ3n) is 3.84. The van der Waals surface area contributed by atoms with Crippen molar-refractivity contribution in [3.63, 3.8) is 0 Å². The minimum absolute atomic E-state index is 0.0406. The van der Waals surface area contributed by atoms with E-state index in [1.54, 1.807) is 6.08 Å². The third-order valence-corrected chi connectivity index (χ3v) is 4.99. The molecule has 1 fully saturated rings. The van der Waals surface area contributed by atoms with Crippen LogP contribution in [0.5, 0.6) is 0 Å². The van der Waals surface area contributed by atoms with E-state index in [1.165, 1.54) is 12.1 Å². The highest BCUT2D eigenvalue weighted by Gasteiger charge is 2.34. The van der Waals surface area contributed by atoms with Gasteiger partial charge in [-0.3, -0.25) is 4.79 Å². The molecule has 9 heteroatoms. The predicted molar refractivity (Wildman–Crippen MR) is 108 cm³/mol. The zero-order chi connectivity index (χ0) is 20.5. The number of aliphatic imine (C=N–C) groups is 1. The number of amidine groups is 1. The van der Waals surface area contributed by atoms with E-state index >= 15 is 0 Å². The number of rotatable bonds is 3. The van der Waals surface area contributed by atoms with Crippen LogP contribution < -0.4 is 10.2 Å². The summed E-state index contributed by atoms with van der Waals surface area (Å²) < 4.78 is 39.6. The fourth-order valence-corrected chi connectivity index (χ4v) is 3.45. The van der Waals surface area contributed by atoms with Gasteiger partial charge >= 0.3 is 6.18 Å². The summed E-state index contributed by atoms with van der Waals surface area (Å²) in [5.41, 5.74) is 0.539. The van der Waals surface area contributed by atoms with E-state index in [0.717, 1.165) is 29.1 Å². The third kappa shape index (κ3) is 4.69. The quantitative estimate of drug-likeness (QED) is 0.677. The van der Waals surface area contributed by atoms with Crippen LogP contribution in [-0.4, -0.2) is 25.2 Å². The molecule has 1 saturated heterocycles. The van der Waals surface area contributed by atoms with Crippen molar-refractivity contribution in [1.29, 1.82) is 0 Å². The van der Waals surface area contributed by atoms with Crippen molar-refractivity contribution in [1.82, 2.24) is 5.32 Å². The second-order valence-corrected chi connectivity index (χ2v) is 7.59. The first-order valence-electron chi connectivity index (χ1n) is 8.07. The first kappa shape index (κ1) is 20.3. The van der Waals surface area contributed by atoms with Gasteiger partial charge in [0.2, 0.25) is 0 Å². The number of carbonyl (C=O) groups excluding carboxylic acids is 1. The van der Waals surface area contributed by atoms with Crippen molar-refractivity contribution in [2.45, 2.75) is 6.18 Å². The van der Waals surface area contributed by atoms with Gasteiger partial charge in [-0.2, -0.15) is 13.2 Å². The Kier molecular flexibility index (Phi) is 5.71. The van der Waals surface area contributed by atoms with Gasteiger partial charge in [0.15, 0.2) is 5.17 Å². The largest absolute Gasteiger partial charge is 0.418 e. The van der Waals surface area contributed by atoms with Gasteiger partial charge in [0.1, 0.15) is 0 Å². The molecule has 4 nitrogen and oxygen atoms in total. The maximum Gasteiger partial charge on any atom is 0.418 e. The molecular formula is C19H15ClF3N3OS. The molecule has 28 heavy (non-hydrogen) atoms. The standard InChI is InChI=1S/C19H15ClF3N3OS/c1-26(2)13-6-3-11(4-7-13)9-16-17(27)25-18(28-16)24-15-8-5-12(20)10-14(15)19(21,22)23/h3-10H,1-2H3,(H,24,25,27). The zero-order valence-electron chi connectivity index (χ0n) is 14.8. The van der Waals surface area contributed by atoms with E-state index in [0.29, 0.717) is 4.91 Å². The van der Waals surface area contributed by atoms with Gasteiger partial charge in [0.25, 0.3) is 5.91 Å². The highest BCUT2D eigenvalue weighted by molar-refractivity contribution is 8.18. The molecule has 0 unspecified atom stereocenters. The summed E-state index contributed by atoms with van der Waals surface area (Å²) in [6.07, 6.45) is -2.95. The molecule has 1 aliphatic rings. The number of hydrogen-bond donors (Lipinski definition) is 1. The van der Waals surface area contributed by atoms with Crippen molar-refractivity contribution in [3.8, 4) is 0 Å². The smallest absolute Gasteiger partial charge is 0.378 e. The Morgan fingerprint density at radius 3 is 2.43 bits per heavy atom. The second kappa shape index (κ2) is 7.89. The molecule has 2 aromatic rings. The maximum atomic E-state index is 13.2. The molecule has 0 radical (unpaired) electrons. The summed E-state index contributed by atoms with van der Waals surface area (Å²) in [7, 11) is 3.84. The number of nitrogens with one attached hydrogen (secondary N) is 1. The number of nitrogens with zero attached hydrogens (tertiary/aromatic N) is 2. The molecule has 3 rings (SSSR count). The molecule has 1 amide bonds. The van der Waals surface area contributed by atoms with Crippen LogP contribution in [0.15, 0.2) is 52.4 Å². The summed E-state index contributed by atoms with van der Waals surface area (Å²) in [5.74, 6) is -0.414. The van der Waals surface area contributed by atoms with Crippen LogP contribution in [0.3, 0.4) is 0 Å². The van der Waals surface area contributed by atoms with Crippen molar-refractivity contribution < 1.29 is 18.0 Å². The molecule has 0 atom stereocenters. The number of anilines is 1. The minimum atomic E-state index is -4.61. The molecule has 0 spiro atoms. The first-order chi connectivity index (χ1) is 13.1. The SMILES string of the molecule is CN(C)c1ccc(C=C2SC(=Nc3ccc(Cl)cc3C(F)(F)F)NC2=O)cc1. The molecule has 146 valence electrons. The molecule has 0 bridgehead atoms. The van der Waals surface area contributed by atoms with Crippen LogP contribution >= 0.6 is 23.4 Å². The Morgan fingerprint density at radius 1 is 1.14 bits per heavy atom. The lowest BCUT2D eigenvalue weighted by Gasteiger charge is -2.11. The van der Waals surface area contributed by atoms with E-state index in [9.17, 15) is 18.0 Å². The summed E-state index contributed by atoms with van der Waals surface area (Å²) in [4.78, 5) is 18.4. The molecular weight excluding hydrogens is 411 g/mol. The lowest BCUT2D eigenvalue weighted by Crippen LogP contribution is -2.19. The van der Waals surface area contributed by atoms with Crippen molar-refractivity contribution in [3.05, 3.63) is 63.5 Å². The average molecular weight is 426 g/mol. The van der Waals surface area contributed by atoms with E-state index in [-0.39, 0.29) is 15.9 Å². The monoisotopic (exact) mass is 425 g/mol. The number of amides is 1. The molecule has 1 aliphatic heterocycles. The van der Waals surface area contributed by atoms with Gasteiger partial charge in [-0.1, -0.05) is 23.7 Å². The minimum Gasteiger partial charge on any atom is -0.378 e. The Labute approximate surface area is 169 Å². The second-order valence-electron chi connectivity index (χ2n) is 6.13. The summed E-state index contributed by atoms with van der Waals surface area (Å²) in [5, 5.41) is 2.53. The van der Waals surface area contributed by atoms with Crippen LogP contribution in [0.4, 0.5) is 24.5 Å². The zero-order valence-corrected chi connectivity index (χ0v) is 16.4. The van der Waals surface area contributed by atoms with Crippen LogP contribution in [0.25, 0.3) is 6.08 Å². The van der Waals surface area contributed by atoms with Gasteiger partial charge < -0.3 is 10.2 Å². The van der Waals surface area contributed by atoms with Gasteiger partial charge in [-0.25, -0.2) is 4.99 Å². The number of thioether (sulfide) groups is 1. The highest BCUT2D eigenvalue weighted by atomic mass is 35.5. The number of hydrogen-bond acceptors (Lipinski definition) is 4. The van der Waals surface area contributed by atoms with E-state index < -0.39 is 17.6 Å². The summed E-state index contributed by atoms with van der Waals surface area (Å²) >= 11 is 6.65. The molecule has 0 aliphatic carbocycles. The van der Waals surface area contributed by atoms with Gasteiger partial charge in [0, 0.05) is 24.8 Å². The van der Waals surface area contributed by atoms with Crippen LogP contribution in [0, 0.1) is 0 Å². The fourth-order valence-electron chi connectivity index (χ4n) is 2.44. The van der Waals surface area contributed by atoms with E-state index in [2.05, 4.69) is 10.3 Å². The number of halogens is 4. The van der Waals surface area contributed by atoms with Gasteiger partial charge in [-0.05, 0) is 53.7 Å². The molecule has 1 N–H and O–H groups in total. The van der Waals surface area contributed by atoms with Gasteiger partial charge in [-0.15, -0.1) is 0 Å². The number of carbonyl (C=O) groups is 1. The normalized spacial score (nSPS) is 17.3. The highest BCUT2D eigenvalue weighted by Crippen LogP contribution is 2.39. The molecule has 1 heterocycles. The lowest BCUT2D eigenvalue weighted by molar-refractivity contribution is -0.137. The Morgan fingerprint density at radius 2 is 1.82 bits per heavy atom. The first-order valence-corrected chi connectivity index (χ1v) is 9.26. The molecule has 0 saturated carbocycles. The van der Waals surface area contributed by atoms with E-state index in [4.69, 9.17) is 11.6 Å².